The Morgan fingerprint density at radius 1 is 1.21 bits per heavy atom. The van der Waals surface area contributed by atoms with E-state index in [0.29, 0.717) is 19.1 Å². The van der Waals surface area contributed by atoms with Crippen LogP contribution in [-0.2, 0) is 4.74 Å². The molecule has 1 aromatic heterocycles. The van der Waals surface area contributed by atoms with Gasteiger partial charge < -0.3 is 20.1 Å². The molecule has 0 aliphatic rings. The molecule has 3 aromatic rings. The van der Waals surface area contributed by atoms with Crippen LogP contribution in [-0.4, -0.2) is 42.5 Å². The summed E-state index contributed by atoms with van der Waals surface area (Å²) in [7, 11) is 3.46. The van der Waals surface area contributed by atoms with Gasteiger partial charge in [-0.1, -0.05) is 6.07 Å². The van der Waals surface area contributed by atoms with Gasteiger partial charge in [0.05, 0.1) is 19.4 Å². The second kappa shape index (κ2) is 9.85. The Balaban J connectivity index is 1.88. The molecule has 0 atom stereocenters. The fraction of sp³-hybridized carbons (Fsp3) is 0.250. The van der Waals surface area contributed by atoms with E-state index in [-0.39, 0.29) is 5.17 Å². The van der Waals surface area contributed by atoms with Crippen molar-refractivity contribution in [2.75, 3.05) is 37.9 Å². The lowest BCUT2D eigenvalue weighted by Gasteiger charge is -2.14. The lowest BCUT2D eigenvalue weighted by Crippen LogP contribution is -2.30. The first-order valence-corrected chi connectivity index (χ1v) is 9.55. The summed E-state index contributed by atoms with van der Waals surface area (Å²) in [6.07, 6.45) is 2.50. The van der Waals surface area contributed by atoms with E-state index in [1.165, 1.54) is 0 Å². The maximum Gasteiger partial charge on any atom is 0.271 e. The first kappa shape index (κ1) is 20.6. The molecule has 0 radical (unpaired) electrons. The summed E-state index contributed by atoms with van der Waals surface area (Å²) in [5, 5.41) is 8.79. The van der Waals surface area contributed by atoms with Gasteiger partial charge in [-0.05, 0) is 54.4 Å². The predicted molar refractivity (Wildman–Crippen MR) is 120 cm³/mol. The molecule has 2 aromatic carbocycles. The molecule has 0 aliphatic carbocycles. The van der Waals surface area contributed by atoms with Gasteiger partial charge in [0.15, 0.2) is 0 Å². The molecular weight excluding hydrogens is 388 g/mol. The molecule has 0 aliphatic heterocycles. The molecule has 29 heavy (non-hydrogen) atoms. The van der Waals surface area contributed by atoms with Crippen LogP contribution in [0.4, 0.5) is 11.6 Å². The smallest absolute Gasteiger partial charge is 0.271 e. The van der Waals surface area contributed by atoms with E-state index in [2.05, 4.69) is 38.2 Å². The molecule has 0 unspecified atom stereocenters. The number of methoxy groups -OCH3 is 1. The molecule has 0 saturated carbocycles. The number of hydrogen-bond acceptors (Lipinski definition) is 8. The van der Waals surface area contributed by atoms with Crippen LogP contribution < -0.4 is 26.6 Å². The van der Waals surface area contributed by atoms with Gasteiger partial charge in [0, 0.05) is 36.4 Å². The Bertz CT molecular complexity index is 998. The zero-order chi connectivity index (χ0) is 20.6. The van der Waals surface area contributed by atoms with Crippen LogP contribution in [0, 0.1) is 0 Å². The summed E-state index contributed by atoms with van der Waals surface area (Å²) in [5.74, 6) is 6.58. The minimum absolute atomic E-state index is 0.186. The molecule has 0 amide bonds. The van der Waals surface area contributed by atoms with E-state index in [4.69, 9.17) is 27.5 Å². The molecule has 1 heterocycles. The Hall–Kier alpha value is -3.17. The van der Waals surface area contributed by atoms with E-state index in [1.54, 1.807) is 20.4 Å². The number of ether oxygens (including phenoxy) is 2. The molecule has 152 valence electrons. The number of hydrazine groups is 1. The number of nitrogens with one attached hydrogen (secondary N) is 3. The highest BCUT2D eigenvalue weighted by Crippen LogP contribution is 2.33. The molecule has 9 heteroatoms. The maximum absolute atomic E-state index is 5.39. The van der Waals surface area contributed by atoms with Gasteiger partial charge in [0.25, 0.3) is 5.17 Å². The van der Waals surface area contributed by atoms with Crippen molar-refractivity contribution >= 4 is 39.8 Å². The number of nitrogens with two attached hydrogens (primary N) is 1. The number of fused-ring (bicyclic) bond motifs is 1. The molecule has 3 rings (SSSR count). The van der Waals surface area contributed by atoms with E-state index in [9.17, 15) is 0 Å². The number of benzene rings is 2. The highest BCUT2D eigenvalue weighted by Gasteiger charge is 2.09. The summed E-state index contributed by atoms with van der Waals surface area (Å²) >= 11 is 4.87. The van der Waals surface area contributed by atoms with E-state index < -0.39 is 0 Å². The third-order valence-electron chi connectivity index (χ3n) is 4.32. The fourth-order valence-corrected chi connectivity index (χ4v) is 2.98. The average Bonchev–Trinajstić information content (AvgIpc) is 2.78. The number of thiocarbonyl (C=S) groups is 1. The summed E-state index contributed by atoms with van der Waals surface area (Å²) in [6, 6.07) is 12.1. The van der Waals surface area contributed by atoms with Crippen LogP contribution in [0.15, 0.2) is 42.6 Å². The predicted octanol–water partition coefficient (Wildman–Crippen LogP) is 2.91. The minimum atomic E-state index is 0.186. The Morgan fingerprint density at radius 3 is 2.83 bits per heavy atom. The zero-order valence-electron chi connectivity index (χ0n) is 16.4. The monoisotopic (exact) mass is 412 g/mol. The second-order valence-corrected chi connectivity index (χ2v) is 6.56. The standard InChI is InChI=1S/C20H24N6O2S/c1-22-19-24-8-6-17(25-19)14-10-13-4-5-15(27-2)12-16(13)18(11-14)23-7-3-9-28-20(29)26-21/h4-6,8,10-12,23H,3,7,9,21H2,1-2H3,(H,26,29)(H,22,24,25). The fourth-order valence-electron chi connectivity index (χ4n) is 2.90. The van der Waals surface area contributed by atoms with Gasteiger partial charge in [-0.15, -0.1) is 0 Å². The molecule has 8 nitrogen and oxygen atoms in total. The number of anilines is 2. The Labute approximate surface area is 174 Å². The maximum atomic E-state index is 5.39. The van der Waals surface area contributed by atoms with Crippen molar-refractivity contribution in [3.05, 3.63) is 42.6 Å². The van der Waals surface area contributed by atoms with E-state index >= 15 is 0 Å². The van der Waals surface area contributed by atoms with Gasteiger partial charge in [0.1, 0.15) is 5.75 Å². The van der Waals surface area contributed by atoms with E-state index in [0.717, 1.165) is 39.9 Å². The van der Waals surface area contributed by atoms with Crippen molar-refractivity contribution in [1.29, 1.82) is 0 Å². The van der Waals surface area contributed by atoms with Crippen LogP contribution in [0.5, 0.6) is 5.75 Å². The topological polar surface area (TPSA) is 106 Å². The Morgan fingerprint density at radius 2 is 2.07 bits per heavy atom. The highest BCUT2D eigenvalue weighted by atomic mass is 32.1. The summed E-state index contributed by atoms with van der Waals surface area (Å²) in [6.45, 7) is 1.17. The van der Waals surface area contributed by atoms with Crippen molar-refractivity contribution in [3.63, 3.8) is 0 Å². The highest BCUT2D eigenvalue weighted by molar-refractivity contribution is 7.80. The second-order valence-electron chi connectivity index (χ2n) is 6.19. The quantitative estimate of drug-likeness (QED) is 0.192. The molecule has 5 N–H and O–H groups in total. The number of nitrogens with zero attached hydrogens (tertiary/aromatic N) is 2. The zero-order valence-corrected chi connectivity index (χ0v) is 17.2. The van der Waals surface area contributed by atoms with Crippen molar-refractivity contribution < 1.29 is 9.47 Å². The van der Waals surface area contributed by atoms with Gasteiger partial charge in [-0.25, -0.2) is 15.8 Å². The number of hydrogen-bond donors (Lipinski definition) is 4. The lowest BCUT2D eigenvalue weighted by atomic mass is 10.0. The summed E-state index contributed by atoms with van der Waals surface area (Å²) in [5.41, 5.74) is 5.12. The van der Waals surface area contributed by atoms with Crippen molar-refractivity contribution in [2.45, 2.75) is 6.42 Å². The van der Waals surface area contributed by atoms with Gasteiger partial charge in [0.2, 0.25) is 5.95 Å². The third kappa shape index (κ3) is 5.21. The first-order valence-electron chi connectivity index (χ1n) is 9.15. The SMILES string of the molecule is CNc1nccc(-c2cc(NCCCOC(=S)NN)c3cc(OC)ccc3c2)n1. The van der Waals surface area contributed by atoms with Crippen molar-refractivity contribution in [2.24, 2.45) is 5.84 Å². The van der Waals surface area contributed by atoms with Crippen LogP contribution in [0.3, 0.4) is 0 Å². The van der Waals surface area contributed by atoms with E-state index in [1.807, 2.05) is 24.3 Å². The Kier molecular flexibility index (Phi) is 6.99. The normalized spacial score (nSPS) is 10.4. The third-order valence-corrected chi connectivity index (χ3v) is 4.56. The molecule has 0 saturated heterocycles. The molecule has 0 fully saturated rings. The van der Waals surface area contributed by atoms with Gasteiger partial charge in [-0.2, -0.15) is 0 Å². The van der Waals surface area contributed by atoms with Crippen molar-refractivity contribution in [1.82, 2.24) is 15.4 Å². The molecule has 0 spiro atoms. The summed E-state index contributed by atoms with van der Waals surface area (Å²) < 4.78 is 10.7. The van der Waals surface area contributed by atoms with Gasteiger partial charge >= 0.3 is 0 Å². The largest absolute Gasteiger partial charge is 0.497 e. The first-order chi connectivity index (χ1) is 14.1. The number of aromatic nitrogens is 2. The van der Waals surface area contributed by atoms with Crippen molar-refractivity contribution in [3.8, 4) is 17.0 Å². The molecule has 0 bridgehead atoms. The lowest BCUT2D eigenvalue weighted by molar-refractivity contribution is 0.297. The van der Waals surface area contributed by atoms with Crippen LogP contribution in [0.1, 0.15) is 6.42 Å². The van der Waals surface area contributed by atoms with Crippen LogP contribution in [0.2, 0.25) is 0 Å². The van der Waals surface area contributed by atoms with Crippen LogP contribution in [0.25, 0.3) is 22.0 Å². The van der Waals surface area contributed by atoms with Crippen LogP contribution >= 0.6 is 12.2 Å². The number of rotatable bonds is 8. The molecular formula is C20H24N6O2S. The van der Waals surface area contributed by atoms with Gasteiger partial charge in [-0.3, -0.25) is 5.43 Å². The minimum Gasteiger partial charge on any atom is -0.497 e. The average molecular weight is 413 g/mol. The summed E-state index contributed by atoms with van der Waals surface area (Å²) in [4.78, 5) is 8.74.